The Bertz CT molecular complexity index is 582. The van der Waals surface area contributed by atoms with Crippen molar-refractivity contribution in [1.82, 2.24) is 14.5 Å². The van der Waals surface area contributed by atoms with Gasteiger partial charge in [0.15, 0.2) is 0 Å². The number of rotatable bonds is 4. The maximum absolute atomic E-state index is 10.9. The smallest absolute Gasteiger partial charge is 0.335 e. The standard InChI is InChI=1S/C11H11ClN4O2/c1-16-3-2-13-10(16)6-14-9-5-7(11(17)18)4-8(12)15-9/h2-5H,6H2,1H3,(H,14,15)(H,17,18). The molecule has 7 heteroatoms. The summed E-state index contributed by atoms with van der Waals surface area (Å²) in [5.74, 6) is 0.177. The van der Waals surface area contributed by atoms with Crippen molar-refractivity contribution in [3.05, 3.63) is 41.1 Å². The molecule has 0 aliphatic heterocycles. The van der Waals surface area contributed by atoms with Crippen LogP contribution in [0, 0.1) is 0 Å². The largest absolute Gasteiger partial charge is 0.478 e. The zero-order chi connectivity index (χ0) is 13.1. The van der Waals surface area contributed by atoms with Crippen molar-refractivity contribution >= 4 is 23.4 Å². The minimum atomic E-state index is -1.04. The first-order valence-electron chi connectivity index (χ1n) is 5.17. The molecule has 0 amide bonds. The number of aromatic nitrogens is 3. The maximum Gasteiger partial charge on any atom is 0.335 e. The molecule has 2 heterocycles. The number of aryl methyl sites for hydroxylation is 1. The minimum Gasteiger partial charge on any atom is -0.478 e. The van der Waals surface area contributed by atoms with Crippen LogP contribution in [0.2, 0.25) is 5.15 Å². The number of pyridine rings is 1. The topological polar surface area (TPSA) is 80.0 Å². The monoisotopic (exact) mass is 266 g/mol. The van der Waals surface area contributed by atoms with E-state index >= 15 is 0 Å². The molecular weight excluding hydrogens is 256 g/mol. The molecule has 2 rings (SSSR count). The quantitative estimate of drug-likeness (QED) is 0.825. The summed E-state index contributed by atoms with van der Waals surface area (Å²) in [6.45, 7) is 0.440. The molecule has 2 N–H and O–H groups in total. The first-order chi connectivity index (χ1) is 8.56. The molecule has 0 saturated carbocycles. The normalized spacial score (nSPS) is 10.3. The van der Waals surface area contributed by atoms with Gasteiger partial charge in [-0.3, -0.25) is 0 Å². The highest BCUT2D eigenvalue weighted by Gasteiger charge is 2.08. The fourth-order valence-electron chi connectivity index (χ4n) is 1.45. The van der Waals surface area contributed by atoms with E-state index in [1.165, 1.54) is 12.1 Å². The Labute approximate surface area is 108 Å². The van der Waals surface area contributed by atoms with Crippen molar-refractivity contribution in [2.75, 3.05) is 5.32 Å². The molecule has 2 aromatic heterocycles. The number of imidazole rings is 1. The third-order valence-corrected chi connectivity index (χ3v) is 2.58. The van der Waals surface area contributed by atoms with E-state index in [2.05, 4.69) is 15.3 Å². The van der Waals surface area contributed by atoms with E-state index in [1.807, 2.05) is 17.8 Å². The predicted molar refractivity (Wildman–Crippen MR) is 66.7 cm³/mol. The number of hydrogen-bond acceptors (Lipinski definition) is 4. The van der Waals surface area contributed by atoms with E-state index in [-0.39, 0.29) is 10.7 Å². The molecule has 0 aromatic carbocycles. The van der Waals surface area contributed by atoms with Crippen molar-refractivity contribution in [1.29, 1.82) is 0 Å². The Hall–Kier alpha value is -2.08. The van der Waals surface area contributed by atoms with Gasteiger partial charge < -0.3 is 15.0 Å². The summed E-state index contributed by atoms with van der Waals surface area (Å²) in [6, 6.07) is 2.73. The van der Waals surface area contributed by atoms with Crippen molar-refractivity contribution in [3.63, 3.8) is 0 Å². The van der Waals surface area contributed by atoms with E-state index in [0.29, 0.717) is 12.4 Å². The zero-order valence-corrected chi connectivity index (χ0v) is 10.3. The first kappa shape index (κ1) is 12.4. The molecular formula is C11H11ClN4O2. The van der Waals surface area contributed by atoms with Crippen LogP contribution in [0.4, 0.5) is 5.82 Å². The molecule has 0 bridgehead atoms. The summed E-state index contributed by atoms with van der Waals surface area (Å²) in [5, 5.41) is 12.0. The van der Waals surface area contributed by atoms with E-state index in [0.717, 1.165) is 5.82 Å². The Kier molecular flexibility index (Phi) is 3.47. The van der Waals surface area contributed by atoms with Gasteiger partial charge in [-0.05, 0) is 12.1 Å². The maximum atomic E-state index is 10.9. The Morgan fingerprint density at radius 2 is 2.33 bits per heavy atom. The van der Waals surface area contributed by atoms with Crippen LogP contribution in [-0.2, 0) is 13.6 Å². The molecule has 0 aliphatic carbocycles. The third kappa shape index (κ3) is 2.78. The van der Waals surface area contributed by atoms with Gasteiger partial charge in [-0.25, -0.2) is 14.8 Å². The molecule has 0 radical (unpaired) electrons. The molecule has 0 unspecified atom stereocenters. The third-order valence-electron chi connectivity index (χ3n) is 2.39. The zero-order valence-electron chi connectivity index (χ0n) is 9.59. The van der Waals surface area contributed by atoms with Crippen molar-refractivity contribution in [3.8, 4) is 0 Å². The number of carboxylic acid groups (broad SMARTS) is 1. The molecule has 94 valence electrons. The van der Waals surface area contributed by atoms with Gasteiger partial charge in [0, 0.05) is 19.4 Å². The van der Waals surface area contributed by atoms with E-state index in [9.17, 15) is 4.79 Å². The fourth-order valence-corrected chi connectivity index (χ4v) is 1.66. The molecule has 18 heavy (non-hydrogen) atoms. The SMILES string of the molecule is Cn1ccnc1CNc1cc(C(=O)O)cc(Cl)n1. The van der Waals surface area contributed by atoms with Gasteiger partial charge in [-0.2, -0.15) is 0 Å². The molecule has 6 nitrogen and oxygen atoms in total. The van der Waals surface area contributed by atoms with Gasteiger partial charge in [0.2, 0.25) is 0 Å². The van der Waals surface area contributed by atoms with Crippen LogP contribution in [0.25, 0.3) is 0 Å². The summed E-state index contributed by atoms with van der Waals surface area (Å²) >= 11 is 5.75. The number of hydrogen-bond donors (Lipinski definition) is 2. The summed E-state index contributed by atoms with van der Waals surface area (Å²) in [5.41, 5.74) is 0.0948. The van der Waals surface area contributed by atoms with Crippen LogP contribution < -0.4 is 5.32 Å². The number of aromatic carboxylic acids is 1. The lowest BCUT2D eigenvalue weighted by atomic mass is 10.2. The number of carboxylic acids is 1. The van der Waals surface area contributed by atoms with Crippen LogP contribution in [0.1, 0.15) is 16.2 Å². The predicted octanol–water partition coefficient (Wildman–Crippen LogP) is 1.78. The van der Waals surface area contributed by atoms with Crippen molar-refractivity contribution in [2.24, 2.45) is 7.05 Å². The lowest BCUT2D eigenvalue weighted by Gasteiger charge is -2.07. The van der Waals surface area contributed by atoms with Gasteiger partial charge in [-0.15, -0.1) is 0 Å². The van der Waals surface area contributed by atoms with E-state index in [1.54, 1.807) is 6.20 Å². The van der Waals surface area contributed by atoms with Gasteiger partial charge in [-0.1, -0.05) is 11.6 Å². The minimum absolute atomic E-state index is 0.0948. The van der Waals surface area contributed by atoms with Crippen LogP contribution in [0.15, 0.2) is 24.5 Å². The summed E-state index contributed by atoms with van der Waals surface area (Å²) in [4.78, 5) is 19.0. The number of halogens is 1. The highest BCUT2D eigenvalue weighted by molar-refractivity contribution is 6.29. The second-order valence-corrected chi connectivity index (χ2v) is 4.06. The second kappa shape index (κ2) is 5.05. The lowest BCUT2D eigenvalue weighted by molar-refractivity contribution is 0.0697. The Morgan fingerprint density at radius 1 is 1.56 bits per heavy atom. The summed E-state index contributed by atoms with van der Waals surface area (Å²) in [6.07, 6.45) is 3.51. The average molecular weight is 267 g/mol. The first-order valence-corrected chi connectivity index (χ1v) is 5.55. The van der Waals surface area contributed by atoms with E-state index in [4.69, 9.17) is 16.7 Å². The molecule has 0 aliphatic rings. The highest BCUT2D eigenvalue weighted by Crippen LogP contribution is 2.15. The van der Waals surface area contributed by atoms with Gasteiger partial charge in [0.05, 0.1) is 12.1 Å². The fraction of sp³-hybridized carbons (Fsp3) is 0.182. The molecule has 0 atom stereocenters. The van der Waals surface area contributed by atoms with E-state index < -0.39 is 5.97 Å². The number of nitrogens with zero attached hydrogens (tertiary/aromatic N) is 3. The molecule has 0 saturated heterocycles. The summed E-state index contributed by atoms with van der Waals surface area (Å²) < 4.78 is 1.86. The molecule has 0 fully saturated rings. The Balaban J connectivity index is 2.14. The van der Waals surface area contributed by atoms with Crippen LogP contribution in [0.5, 0.6) is 0 Å². The number of carbonyl (C=O) groups is 1. The van der Waals surface area contributed by atoms with Gasteiger partial charge in [0.1, 0.15) is 16.8 Å². The van der Waals surface area contributed by atoms with Crippen molar-refractivity contribution in [2.45, 2.75) is 6.54 Å². The summed E-state index contributed by atoms with van der Waals surface area (Å²) in [7, 11) is 1.87. The molecule has 2 aromatic rings. The lowest BCUT2D eigenvalue weighted by Crippen LogP contribution is -2.08. The second-order valence-electron chi connectivity index (χ2n) is 3.68. The van der Waals surface area contributed by atoms with Crippen LogP contribution in [-0.4, -0.2) is 25.6 Å². The number of anilines is 1. The van der Waals surface area contributed by atoms with Gasteiger partial charge in [0.25, 0.3) is 0 Å². The van der Waals surface area contributed by atoms with Crippen molar-refractivity contribution < 1.29 is 9.90 Å². The number of nitrogens with one attached hydrogen (secondary N) is 1. The van der Waals surface area contributed by atoms with Crippen LogP contribution in [0.3, 0.4) is 0 Å². The van der Waals surface area contributed by atoms with Crippen LogP contribution >= 0.6 is 11.6 Å². The van der Waals surface area contributed by atoms with Gasteiger partial charge >= 0.3 is 5.97 Å². The highest BCUT2D eigenvalue weighted by atomic mass is 35.5. The molecule has 0 spiro atoms. The Morgan fingerprint density at radius 3 is 2.94 bits per heavy atom. The average Bonchev–Trinajstić information content (AvgIpc) is 2.71.